The lowest BCUT2D eigenvalue weighted by atomic mass is 9.97. The van der Waals surface area contributed by atoms with Crippen LogP contribution in [0.4, 0.5) is 0 Å². The summed E-state index contributed by atoms with van der Waals surface area (Å²) in [6.07, 6.45) is 6.76. The molecule has 48 heavy (non-hydrogen) atoms. The molecule has 2 nitrogen and oxygen atoms in total. The number of para-hydroxylation sites is 2. The summed E-state index contributed by atoms with van der Waals surface area (Å²) >= 11 is 0. The maximum Gasteiger partial charge on any atom is 0.0541 e. The highest BCUT2D eigenvalue weighted by Gasteiger charge is 2.20. The fourth-order valence-corrected chi connectivity index (χ4v) is 7.97. The van der Waals surface area contributed by atoms with Crippen LogP contribution in [-0.2, 0) is 6.42 Å². The monoisotopic (exact) mass is 612 g/mol. The molecule has 1 aliphatic carbocycles. The summed E-state index contributed by atoms with van der Waals surface area (Å²) in [4.78, 5) is 0. The van der Waals surface area contributed by atoms with Crippen LogP contribution in [0.1, 0.15) is 17.7 Å². The molecule has 226 valence electrons. The molecule has 7 aromatic carbocycles. The van der Waals surface area contributed by atoms with Gasteiger partial charge < -0.3 is 9.13 Å². The normalized spacial score (nSPS) is 12.8. The van der Waals surface area contributed by atoms with Gasteiger partial charge in [-0.2, -0.15) is 0 Å². The lowest BCUT2D eigenvalue weighted by Crippen LogP contribution is -1.99. The van der Waals surface area contributed by atoms with E-state index in [0.29, 0.717) is 0 Å². The predicted octanol–water partition coefficient (Wildman–Crippen LogP) is 12.2. The Morgan fingerprint density at radius 2 is 1.04 bits per heavy atom. The summed E-state index contributed by atoms with van der Waals surface area (Å²) in [5.41, 5.74) is 13.8. The number of fused-ring (bicyclic) bond motifs is 7. The molecule has 10 rings (SSSR count). The quantitative estimate of drug-likeness (QED) is 0.187. The van der Waals surface area contributed by atoms with E-state index >= 15 is 0 Å². The van der Waals surface area contributed by atoms with E-state index in [0.717, 1.165) is 12.8 Å². The fraction of sp³-hybridized carbons (Fsp3) is 0.0435. The molecule has 0 atom stereocenters. The van der Waals surface area contributed by atoms with Crippen LogP contribution in [0, 0.1) is 0 Å². The van der Waals surface area contributed by atoms with Gasteiger partial charge in [0.15, 0.2) is 0 Å². The van der Waals surface area contributed by atoms with Crippen molar-refractivity contribution in [2.75, 3.05) is 0 Å². The summed E-state index contributed by atoms with van der Waals surface area (Å²) in [5.74, 6) is 0. The van der Waals surface area contributed by atoms with Crippen LogP contribution in [0.5, 0.6) is 0 Å². The highest BCUT2D eigenvalue weighted by atomic mass is 15.0. The highest BCUT2D eigenvalue weighted by Crippen LogP contribution is 2.39. The van der Waals surface area contributed by atoms with Crippen molar-refractivity contribution >= 4 is 49.6 Å². The average molecular weight is 613 g/mol. The standard InChI is InChI=1S/C46H32N2/c1-2-13-35(14-3-1)47-43-19-8-6-16-39(43)41-29-33(23-27-45(41)47)34-24-28-46-42(30-34)40-17-7-9-20-44(40)48(46)36-25-21-32(22-26-36)38-18-10-12-31-11-4-5-15-37(31)38/h1-5,7-15,17-30H,6,16H2. The van der Waals surface area contributed by atoms with Crippen LogP contribution in [0.2, 0.25) is 0 Å². The number of hydrogen-bond donors (Lipinski definition) is 0. The molecule has 2 aromatic heterocycles. The number of aryl methyl sites for hydroxylation is 1. The first-order valence-electron chi connectivity index (χ1n) is 16.8. The lowest BCUT2D eigenvalue weighted by molar-refractivity contribution is 0.967. The van der Waals surface area contributed by atoms with Gasteiger partial charge in [-0.3, -0.25) is 0 Å². The third kappa shape index (κ3) is 4.13. The Morgan fingerprint density at radius 1 is 0.417 bits per heavy atom. The minimum Gasteiger partial charge on any atom is -0.310 e. The minimum atomic E-state index is 1.07. The summed E-state index contributed by atoms with van der Waals surface area (Å²) in [6, 6.07) is 57.8. The Kier molecular flexibility index (Phi) is 6.04. The van der Waals surface area contributed by atoms with Crippen LogP contribution in [-0.4, -0.2) is 9.13 Å². The molecular formula is C46H32N2. The van der Waals surface area contributed by atoms with Crippen LogP contribution < -0.4 is 0 Å². The first kappa shape index (κ1) is 27.0. The van der Waals surface area contributed by atoms with Crippen molar-refractivity contribution in [1.29, 1.82) is 0 Å². The van der Waals surface area contributed by atoms with Gasteiger partial charge in [0.05, 0.1) is 16.6 Å². The Hall–Kier alpha value is -6.12. The maximum atomic E-state index is 2.42. The lowest BCUT2D eigenvalue weighted by Gasteiger charge is -2.11. The molecule has 1 aliphatic rings. The minimum absolute atomic E-state index is 1.07. The second-order valence-corrected chi connectivity index (χ2v) is 12.9. The van der Waals surface area contributed by atoms with Crippen molar-refractivity contribution in [3.05, 3.63) is 175 Å². The molecule has 0 bridgehead atoms. The summed E-state index contributed by atoms with van der Waals surface area (Å²) in [7, 11) is 0. The SMILES string of the molecule is C1=Cc2c(c3cc(-c4ccc5c(c4)c4ccccc4n5-c4ccc(-c5cccc6ccccc56)cc4)ccc3n2-c2ccccc2)CC1. The molecule has 0 N–H and O–H groups in total. The smallest absolute Gasteiger partial charge is 0.0541 e. The molecule has 0 aliphatic heterocycles. The fourth-order valence-electron chi connectivity index (χ4n) is 7.97. The molecule has 0 fully saturated rings. The summed E-state index contributed by atoms with van der Waals surface area (Å²) in [5, 5.41) is 6.44. The van der Waals surface area contributed by atoms with Crippen molar-refractivity contribution in [3.8, 4) is 33.6 Å². The molecule has 0 amide bonds. The molecule has 0 saturated carbocycles. The van der Waals surface area contributed by atoms with E-state index in [1.165, 1.54) is 88.4 Å². The van der Waals surface area contributed by atoms with Gasteiger partial charge in [-0.05, 0) is 112 Å². The number of allylic oxidation sites excluding steroid dienone is 1. The van der Waals surface area contributed by atoms with Gasteiger partial charge in [-0.15, -0.1) is 0 Å². The van der Waals surface area contributed by atoms with Gasteiger partial charge in [0, 0.05) is 33.2 Å². The molecule has 2 heterocycles. The van der Waals surface area contributed by atoms with Crippen molar-refractivity contribution in [2.24, 2.45) is 0 Å². The number of aromatic nitrogens is 2. The first-order chi connectivity index (χ1) is 23.8. The van der Waals surface area contributed by atoms with Gasteiger partial charge in [0.25, 0.3) is 0 Å². The Balaban J connectivity index is 1.10. The van der Waals surface area contributed by atoms with Gasteiger partial charge in [-0.25, -0.2) is 0 Å². The van der Waals surface area contributed by atoms with E-state index in [1.807, 2.05) is 0 Å². The van der Waals surface area contributed by atoms with E-state index in [-0.39, 0.29) is 0 Å². The molecule has 9 aromatic rings. The largest absolute Gasteiger partial charge is 0.310 e. The van der Waals surface area contributed by atoms with Gasteiger partial charge in [-0.1, -0.05) is 109 Å². The second-order valence-electron chi connectivity index (χ2n) is 12.9. The topological polar surface area (TPSA) is 9.86 Å². The van der Waals surface area contributed by atoms with E-state index in [1.54, 1.807) is 0 Å². The number of rotatable bonds is 4. The highest BCUT2D eigenvalue weighted by molar-refractivity contribution is 6.11. The zero-order chi connectivity index (χ0) is 31.6. The Bertz CT molecular complexity index is 2700. The van der Waals surface area contributed by atoms with Gasteiger partial charge >= 0.3 is 0 Å². The van der Waals surface area contributed by atoms with Crippen LogP contribution in [0.3, 0.4) is 0 Å². The Labute approximate surface area is 279 Å². The number of hydrogen-bond acceptors (Lipinski definition) is 0. The molecule has 0 saturated heterocycles. The van der Waals surface area contributed by atoms with E-state index in [2.05, 4.69) is 179 Å². The number of nitrogens with zero attached hydrogens (tertiary/aromatic N) is 2. The molecule has 0 radical (unpaired) electrons. The number of benzene rings is 7. The first-order valence-corrected chi connectivity index (χ1v) is 16.8. The summed E-state index contributed by atoms with van der Waals surface area (Å²) in [6.45, 7) is 0. The van der Waals surface area contributed by atoms with Crippen molar-refractivity contribution in [3.63, 3.8) is 0 Å². The average Bonchev–Trinajstić information content (AvgIpc) is 3.67. The van der Waals surface area contributed by atoms with Gasteiger partial charge in [0.1, 0.15) is 0 Å². The second kappa shape index (κ2) is 10.7. The predicted molar refractivity (Wildman–Crippen MR) is 203 cm³/mol. The molecule has 0 unspecified atom stereocenters. The van der Waals surface area contributed by atoms with Gasteiger partial charge in [0.2, 0.25) is 0 Å². The van der Waals surface area contributed by atoms with Crippen LogP contribution >= 0.6 is 0 Å². The van der Waals surface area contributed by atoms with Crippen molar-refractivity contribution in [2.45, 2.75) is 12.8 Å². The van der Waals surface area contributed by atoms with Crippen LogP contribution in [0.25, 0.3) is 83.2 Å². The van der Waals surface area contributed by atoms with Crippen molar-refractivity contribution in [1.82, 2.24) is 9.13 Å². The van der Waals surface area contributed by atoms with E-state index in [9.17, 15) is 0 Å². The van der Waals surface area contributed by atoms with E-state index in [4.69, 9.17) is 0 Å². The third-order valence-electron chi connectivity index (χ3n) is 10.2. The Morgan fingerprint density at radius 3 is 1.88 bits per heavy atom. The molecular weight excluding hydrogens is 581 g/mol. The van der Waals surface area contributed by atoms with E-state index < -0.39 is 0 Å². The maximum absolute atomic E-state index is 2.42. The van der Waals surface area contributed by atoms with Crippen LogP contribution in [0.15, 0.2) is 164 Å². The zero-order valence-electron chi connectivity index (χ0n) is 26.5. The summed E-state index contributed by atoms with van der Waals surface area (Å²) < 4.78 is 4.83. The van der Waals surface area contributed by atoms with Crippen molar-refractivity contribution < 1.29 is 0 Å². The molecule has 0 spiro atoms. The zero-order valence-corrected chi connectivity index (χ0v) is 26.5. The third-order valence-corrected chi connectivity index (χ3v) is 10.2. The molecule has 2 heteroatoms.